The van der Waals surface area contributed by atoms with Crippen molar-refractivity contribution in [2.75, 3.05) is 6.61 Å². The van der Waals surface area contributed by atoms with E-state index in [1.807, 2.05) is 12.1 Å². The molecule has 4 nitrogen and oxygen atoms in total. The second kappa shape index (κ2) is 8.51. The Hall–Kier alpha value is -2.83. The van der Waals surface area contributed by atoms with Crippen molar-refractivity contribution < 1.29 is 22.7 Å². The summed E-state index contributed by atoms with van der Waals surface area (Å²) in [5.74, 6) is 0.343. The van der Waals surface area contributed by atoms with Gasteiger partial charge < -0.3 is 4.74 Å². The third kappa shape index (κ3) is 5.61. The van der Waals surface area contributed by atoms with Crippen LogP contribution >= 0.6 is 0 Å². The molecule has 2 rings (SSSR count). The van der Waals surface area contributed by atoms with Crippen LogP contribution in [0.1, 0.15) is 36.5 Å². The van der Waals surface area contributed by atoms with E-state index in [1.165, 1.54) is 18.2 Å². The minimum Gasteiger partial charge on any atom is -0.484 e. The molecule has 0 bridgehead atoms. The van der Waals surface area contributed by atoms with Gasteiger partial charge in [-0.15, -0.1) is 0 Å². The van der Waals surface area contributed by atoms with E-state index in [0.29, 0.717) is 11.7 Å². The standard InChI is InChI=1S/C19H19F3N2O2/c1-13(2)14-7-9-16(10-8-14)26-12-18(25)24-23-11-15-5-3-4-6-17(15)19(20,21)22/h3-11,13H,12H2,1-2H3,(H,24,25). The average molecular weight is 364 g/mol. The molecule has 1 amide bonds. The quantitative estimate of drug-likeness (QED) is 0.612. The van der Waals surface area contributed by atoms with Gasteiger partial charge in [0.05, 0.1) is 11.8 Å². The molecule has 0 aliphatic carbocycles. The van der Waals surface area contributed by atoms with Gasteiger partial charge in [0.2, 0.25) is 0 Å². The molecule has 2 aromatic rings. The largest absolute Gasteiger partial charge is 0.484 e. The summed E-state index contributed by atoms with van der Waals surface area (Å²) in [6, 6.07) is 12.3. The molecule has 2 aromatic carbocycles. The SMILES string of the molecule is CC(C)c1ccc(OCC(=O)NN=Cc2ccccc2C(F)(F)F)cc1. The molecule has 0 saturated heterocycles. The van der Waals surface area contributed by atoms with Crippen LogP contribution < -0.4 is 10.2 Å². The number of hydrogen-bond donors (Lipinski definition) is 1. The summed E-state index contributed by atoms with van der Waals surface area (Å²) < 4.78 is 43.9. The number of amides is 1. The van der Waals surface area contributed by atoms with Gasteiger partial charge >= 0.3 is 6.18 Å². The van der Waals surface area contributed by atoms with Gasteiger partial charge in [-0.1, -0.05) is 44.2 Å². The van der Waals surface area contributed by atoms with Gasteiger partial charge in [0, 0.05) is 5.56 Å². The first-order valence-corrected chi connectivity index (χ1v) is 7.98. The molecule has 0 spiro atoms. The van der Waals surface area contributed by atoms with E-state index in [0.717, 1.165) is 17.8 Å². The molecule has 0 unspecified atom stereocenters. The number of ether oxygens (including phenoxy) is 1. The zero-order chi connectivity index (χ0) is 19.2. The maximum atomic E-state index is 12.9. The molecule has 0 aliphatic rings. The predicted molar refractivity (Wildman–Crippen MR) is 93.2 cm³/mol. The number of halogens is 3. The monoisotopic (exact) mass is 364 g/mol. The number of rotatable bonds is 6. The minimum atomic E-state index is -4.49. The van der Waals surface area contributed by atoms with Crippen molar-refractivity contribution >= 4 is 12.1 Å². The second-order valence-corrected chi connectivity index (χ2v) is 5.89. The lowest BCUT2D eigenvalue weighted by Crippen LogP contribution is -2.24. The topological polar surface area (TPSA) is 50.7 Å². The zero-order valence-electron chi connectivity index (χ0n) is 14.4. The van der Waals surface area contributed by atoms with Crippen molar-refractivity contribution in [3.63, 3.8) is 0 Å². The molecule has 0 atom stereocenters. The number of benzene rings is 2. The van der Waals surface area contributed by atoms with Crippen molar-refractivity contribution in [3.8, 4) is 5.75 Å². The first kappa shape index (κ1) is 19.5. The van der Waals surface area contributed by atoms with Crippen LogP contribution in [-0.2, 0) is 11.0 Å². The van der Waals surface area contributed by atoms with Crippen molar-refractivity contribution in [1.82, 2.24) is 5.43 Å². The first-order chi connectivity index (χ1) is 12.3. The van der Waals surface area contributed by atoms with Gasteiger partial charge in [0.15, 0.2) is 6.61 Å². The van der Waals surface area contributed by atoms with Gasteiger partial charge in [-0.25, -0.2) is 5.43 Å². The molecule has 138 valence electrons. The molecule has 0 aromatic heterocycles. The number of carbonyl (C=O) groups excluding carboxylic acids is 1. The summed E-state index contributed by atoms with van der Waals surface area (Å²) in [4.78, 5) is 11.7. The summed E-state index contributed by atoms with van der Waals surface area (Å²) in [6.45, 7) is 3.84. The fourth-order valence-electron chi connectivity index (χ4n) is 2.17. The first-order valence-electron chi connectivity index (χ1n) is 7.98. The lowest BCUT2D eigenvalue weighted by atomic mass is 10.0. The zero-order valence-corrected chi connectivity index (χ0v) is 14.4. The Bertz CT molecular complexity index is 769. The Morgan fingerprint density at radius 3 is 2.42 bits per heavy atom. The molecular formula is C19H19F3N2O2. The molecule has 0 aliphatic heterocycles. The Labute approximate surface area is 149 Å². The van der Waals surface area contributed by atoms with Crippen LogP contribution in [0.4, 0.5) is 13.2 Å². The fourth-order valence-corrected chi connectivity index (χ4v) is 2.17. The van der Waals surface area contributed by atoms with E-state index >= 15 is 0 Å². The van der Waals surface area contributed by atoms with E-state index < -0.39 is 17.6 Å². The van der Waals surface area contributed by atoms with E-state index in [-0.39, 0.29) is 12.2 Å². The van der Waals surface area contributed by atoms with Crippen molar-refractivity contribution in [1.29, 1.82) is 0 Å². The van der Waals surface area contributed by atoms with Crippen LogP contribution in [0, 0.1) is 0 Å². The number of hydrogen-bond acceptors (Lipinski definition) is 3. The number of alkyl halides is 3. The Morgan fingerprint density at radius 2 is 1.81 bits per heavy atom. The molecule has 1 N–H and O–H groups in total. The van der Waals surface area contributed by atoms with E-state index in [4.69, 9.17) is 4.74 Å². The molecule has 0 saturated carbocycles. The molecule has 0 fully saturated rings. The Balaban J connectivity index is 1.88. The maximum Gasteiger partial charge on any atom is 0.417 e. The van der Waals surface area contributed by atoms with Gasteiger partial charge in [-0.2, -0.15) is 18.3 Å². The summed E-state index contributed by atoms with van der Waals surface area (Å²) in [7, 11) is 0. The minimum absolute atomic E-state index is 0.134. The van der Waals surface area contributed by atoms with E-state index in [1.54, 1.807) is 12.1 Å². The summed E-state index contributed by atoms with van der Waals surface area (Å²) in [5.41, 5.74) is 2.34. The highest BCUT2D eigenvalue weighted by Gasteiger charge is 2.32. The predicted octanol–water partition coefficient (Wildman–Crippen LogP) is 4.36. The van der Waals surface area contributed by atoms with Gasteiger partial charge in [0.25, 0.3) is 5.91 Å². The third-order valence-electron chi connectivity index (χ3n) is 3.58. The van der Waals surface area contributed by atoms with Gasteiger partial charge in [-0.05, 0) is 29.7 Å². The summed E-state index contributed by atoms with van der Waals surface area (Å²) in [6.07, 6.45) is -3.53. The Morgan fingerprint density at radius 1 is 1.15 bits per heavy atom. The highest BCUT2D eigenvalue weighted by Crippen LogP contribution is 2.31. The highest BCUT2D eigenvalue weighted by molar-refractivity contribution is 5.84. The normalized spacial score (nSPS) is 11.8. The number of nitrogens with one attached hydrogen (secondary N) is 1. The fraction of sp³-hybridized carbons (Fsp3) is 0.263. The van der Waals surface area contributed by atoms with E-state index in [2.05, 4.69) is 24.4 Å². The molecule has 26 heavy (non-hydrogen) atoms. The van der Waals surface area contributed by atoms with E-state index in [9.17, 15) is 18.0 Å². The molecule has 0 heterocycles. The molecule has 7 heteroatoms. The highest BCUT2D eigenvalue weighted by atomic mass is 19.4. The number of nitrogens with zero attached hydrogens (tertiary/aromatic N) is 1. The molecule has 0 radical (unpaired) electrons. The van der Waals surface area contributed by atoms with Gasteiger partial charge in [0.1, 0.15) is 5.75 Å². The second-order valence-electron chi connectivity index (χ2n) is 5.89. The summed E-state index contributed by atoms with van der Waals surface area (Å²) >= 11 is 0. The molecular weight excluding hydrogens is 345 g/mol. The number of hydrazone groups is 1. The average Bonchev–Trinajstić information content (AvgIpc) is 2.60. The van der Waals surface area contributed by atoms with Crippen LogP contribution in [0.15, 0.2) is 53.6 Å². The van der Waals surface area contributed by atoms with Crippen LogP contribution in [0.5, 0.6) is 5.75 Å². The third-order valence-corrected chi connectivity index (χ3v) is 3.58. The van der Waals surface area contributed by atoms with Crippen LogP contribution in [0.25, 0.3) is 0 Å². The summed E-state index contributed by atoms with van der Waals surface area (Å²) in [5, 5.41) is 3.56. The Kier molecular flexibility index (Phi) is 6.38. The number of carbonyl (C=O) groups is 1. The van der Waals surface area contributed by atoms with Crippen molar-refractivity contribution in [2.24, 2.45) is 5.10 Å². The maximum absolute atomic E-state index is 12.9. The van der Waals surface area contributed by atoms with Crippen LogP contribution in [0.3, 0.4) is 0 Å². The lowest BCUT2D eigenvalue weighted by Gasteiger charge is -2.09. The van der Waals surface area contributed by atoms with Crippen molar-refractivity contribution in [3.05, 3.63) is 65.2 Å². The van der Waals surface area contributed by atoms with Gasteiger partial charge in [-0.3, -0.25) is 4.79 Å². The smallest absolute Gasteiger partial charge is 0.417 e. The van der Waals surface area contributed by atoms with Crippen LogP contribution in [0.2, 0.25) is 0 Å². The van der Waals surface area contributed by atoms with Crippen molar-refractivity contribution in [2.45, 2.75) is 25.9 Å². The lowest BCUT2D eigenvalue weighted by molar-refractivity contribution is -0.137. The van der Waals surface area contributed by atoms with Crippen LogP contribution in [-0.4, -0.2) is 18.7 Å².